The summed E-state index contributed by atoms with van der Waals surface area (Å²) in [4.78, 5) is 1.12. The number of phenolic OH excluding ortho intramolecular Hbond substituents is 1. The predicted molar refractivity (Wildman–Crippen MR) is 66.2 cm³/mol. The molecule has 78 valence electrons. The van der Waals surface area contributed by atoms with E-state index in [1.165, 1.54) is 0 Å². The largest absolute Gasteiger partial charge is 0.507 e. The summed E-state index contributed by atoms with van der Waals surface area (Å²) in [5, 5.41) is 11.4. The number of aromatic hydroxyl groups is 1. The molecule has 0 amide bonds. The molecule has 2 rings (SSSR count). The molecule has 0 fully saturated rings. The van der Waals surface area contributed by atoms with Gasteiger partial charge in [0.1, 0.15) is 5.75 Å². The molecule has 0 saturated heterocycles. The van der Waals surface area contributed by atoms with Crippen LogP contribution < -0.4 is 5.73 Å². The highest BCUT2D eigenvalue weighted by molar-refractivity contribution is 9.10. The fraction of sp³-hybridized carbons (Fsp3) is 0.0909. The van der Waals surface area contributed by atoms with Gasteiger partial charge >= 0.3 is 0 Å². The number of halogens is 1. The molecule has 1 aromatic heterocycles. The number of hydrogen-bond donors (Lipinski definition) is 2. The number of thiophene rings is 1. The summed E-state index contributed by atoms with van der Waals surface area (Å²) >= 11 is 4.91. The van der Waals surface area contributed by atoms with E-state index in [9.17, 15) is 5.11 Å². The van der Waals surface area contributed by atoms with Gasteiger partial charge in [0.2, 0.25) is 0 Å². The zero-order valence-corrected chi connectivity index (χ0v) is 10.3. The molecule has 0 spiro atoms. The van der Waals surface area contributed by atoms with Crippen molar-refractivity contribution in [1.29, 1.82) is 0 Å². The molecule has 0 aliphatic rings. The number of rotatable bonds is 2. The van der Waals surface area contributed by atoms with Gasteiger partial charge in [0.25, 0.3) is 0 Å². The Balaban J connectivity index is 2.34. The van der Waals surface area contributed by atoms with Crippen molar-refractivity contribution in [2.45, 2.75) is 6.04 Å². The second-order valence-electron chi connectivity index (χ2n) is 3.20. The van der Waals surface area contributed by atoms with Gasteiger partial charge in [-0.3, -0.25) is 0 Å². The number of benzene rings is 1. The fourth-order valence-electron chi connectivity index (χ4n) is 1.35. The van der Waals surface area contributed by atoms with Gasteiger partial charge in [-0.05, 0) is 45.1 Å². The SMILES string of the molecule is N[C@H](c1ccc(O)c(Br)c1)c1cccs1. The van der Waals surface area contributed by atoms with Gasteiger partial charge in [0.15, 0.2) is 0 Å². The van der Waals surface area contributed by atoms with E-state index in [1.54, 1.807) is 17.4 Å². The molecule has 15 heavy (non-hydrogen) atoms. The smallest absolute Gasteiger partial charge is 0.129 e. The van der Waals surface area contributed by atoms with E-state index in [-0.39, 0.29) is 11.8 Å². The first-order valence-electron chi connectivity index (χ1n) is 4.46. The Hall–Kier alpha value is -0.840. The minimum atomic E-state index is -0.123. The molecule has 0 bridgehead atoms. The molecule has 1 heterocycles. The Bertz CT molecular complexity index is 456. The summed E-state index contributed by atoms with van der Waals surface area (Å²) in [7, 11) is 0. The van der Waals surface area contributed by atoms with Crippen molar-refractivity contribution in [3.8, 4) is 5.75 Å². The maximum absolute atomic E-state index is 9.37. The van der Waals surface area contributed by atoms with Gasteiger partial charge in [0.05, 0.1) is 10.5 Å². The average molecular weight is 284 g/mol. The summed E-state index contributed by atoms with van der Waals surface area (Å²) in [6, 6.07) is 9.20. The van der Waals surface area contributed by atoms with Crippen LogP contribution >= 0.6 is 27.3 Å². The molecule has 3 N–H and O–H groups in total. The second kappa shape index (κ2) is 4.35. The van der Waals surface area contributed by atoms with Crippen molar-refractivity contribution >= 4 is 27.3 Å². The Morgan fingerprint density at radius 3 is 2.73 bits per heavy atom. The molecule has 0 radical (unpaired) electrons. The minimum absolute atomic E-state index is 0.123. The van der Waals surface area contributed by atoms with Crippen molar-refractivity contribution in [3.05, 3.63) is 50.6 Å². The van der Waals surface area contributed by atoms with Gasteiger partial charge in [0, 0.05) is 4.88 Å². The molecule has 2 aromatic rings. The van der Waals surface area contributed by atoms with Crippen LogP contribution in [0.5, 0.6) is 5.75 Å². The van der Waals surface area contributed by atoms with Crippen LogP contribution in [0, 0.1) is 0 Å². The van der Waals surface area contributed by atoms with Crippen LogP contribution in [0.15, 0.2) is 40.2 Å². The van der Waals surface area contributed by atoms with Crippen LogP contribution in [0.3, 0.4) is 0 Å². The van der Waals surface area contributed by atoms with E-state index < -0.39 is 0 Å². The molecule has 0 unspecified atom stereocenters. The third-order valence-electron chi connectivity index (χ3n) is 2.18. The van der Waals surface area contributed by atoms with E-state index in [4.69, 9.17) is 5.73 Å². The van der Waals surface area contributed by atoms with E-state index in [0.717, 1.165) is 10.4 Å². The maximum Gasteiger partial charge on any atom is 0.129 e. The summed E-state index contributed by atoms with van der Waals surface area (Å²) in [6.07, 6.45) is 0. The standard InChI is InChI=1S/C11H10BrNOS/c12-8-6-7(3-4-9(8)14)11(13)10-2-1-5-15-10/h1-6,11,14H,13H2/t11-/m1/s1. The summed E-state index contributed by atoms with van der Waals surface area (Å²) < 4.78 is 0.673. The normalized spacial score (nSPS) is 12.7. The summed E-state index contributed by atoms with van der Waals surface area (Å²) in [6.45, 7) is 0. The van der Waals surface area contributed by atoms with Crippen molar-refractivity contribution in [2.24, 2.45) is 5.73 Å². The summed E-state index contributed by atoms with van der Waals surface area (Å²) in [5.41, 5.74) is 7.08. The minimum Gasteiger partial charge on any atom is -0.507 e. The van der Waals surface area contributed by atoms with Crippen LogP contribution in [0.4, 0.5) is 0 Å². The zero-order chi connectivity index (χ0) is 10.8. The number of hydrogen-bond acceptors (Lipinski definition) is 3. The highest BCUT2D eigenvalue weighted by Crippen LogP contribution is 2.30. The van der Waals surface area contributed by atoms with Crippen molar-refractivity contribution in [3.63, 3.8) is 0 Å². The fourth-order valence-corrected chi connectivity index (χ4v) is 2.50. The van der Waals surface area contributed by atoms with E-state index in [2.05, 4.69) is 15.9 Å². The van der Waals surface area contributed by atoms with E-state index in [0.29, 0.717) is 4.47 Å². The van der Waals surface area contributed by atoms with Crippen molar-refractivity contribution < 1.29 is 5.11 Å². The molecule has 0 aliphatic heterocycles. The molecule has 1 aromatic carbocycles. The lowest BCUT2D eigenvalue weighted by atomic mass is 10.1. The molecular formula is C11H10BrNOS. The van der Waals surface area contributed by atoms with Gasteiger partial charge in [-0.15, -0.1) is 11.3 Å². The van der Waals surface area contributed by atoms with Crippen LogP contribution in [0.25, 0.3) is 0 Å². The topological polar surface area (TPSA) is 46.2 Å². The van der Waals surface area contributed by atoms with E-state index >= 15 is 0 Å². The number of phenols is 1. The van der Waals surface area contributed by atoms with Crippen LogP contribution in [0.1, 0.15) is 16.5 Å². The lowest BCUT2D eigenvalue weighted by Gasteiger charge is -2.10. The van der Waals surface area contributed by atoms with Crippen LogP contribution in [0.2, 0.25) is 0 Å². The predicted octanol–water partition coefficient (Wildman–Crippen LogP) is 3.26. The first-order valence-corrected chi connectivity index (χ1v) is 6.13. The van der Waals surface area contributed by atoms with E-state index in [1.807, 2.05) is 29.6 Å². The highest BCUT2D eigenvalue weighted by Gasteiger charge is 2.11. The van der Waals surface area contributed by atoms with Crippen LogP contribution in [-0.4, -0.2) is 5.11 Å². The Morgan fingerprint density at radius 2 is 2.13 bits per heavy atom. The maximum atomic E-state index is 9.37. The molecule has 0 saturated carbocycles. The molecule has 1 atom stereocenters. The monoisotopic (exact) mass is 283 g/mol. The third kappa shape index (κ3) is 2.22. The van der Waals surface area contributed by atoms with Crippen LogP contribution in [-0.2, 0) is 0 Å². The Morgan fingerprint density at radius 1 is 1.33 bits per heavy atom. The third-order valence-corrected chi connectivity index (χ3v) is 3.77. The van der Waals surface area contributed by atoms with Gasteiger partial charge in [-0.1, -0.05) is 12.1 Å². The molecule has 4 heteroatoms. The quantitative estimate of drug-likeness (QED) is 0.889. The first-order chi connectivity index (χ1) is 7.18. The molecule has 2 nitrogen and oxygen atoms in total. The van der Waals surface area contributed by atoms with Gasteiger partial charge in [-0.2, -0.15) is 0 Å². The van der Waals surface area contributed by atoms with Gasteiger partial charge < -0.3 is 10.8 Å². The van der Waals surface area contributed by atoms with Crippen molar-refractivity contribution in [1.82, 2.24) is 0 Å². The second-order valence-corrected chi connectivity index (χ2v) is 5.04. The number of nitrogens with two attached hydrogens (primary N) is 1. The molecule has 0 aliphatic carbocycles. The van der Waals surface area contributed by atoms with Gasteiger partial charge in [-0.25, -0.2) is 0 Å². The lowest BCUT2D eigenvalue weighted by Crippen LogP contribution is -2.09. The first kappa shape index (κ1) is 10.7. The molecular weight excluding hydrogens is 274 g/mol. The lowest BCUT2D eigenvalue weighted by molar-refractivity contribution is 0.471. The average Bonchev–Trinajstić information content (AvgIpc) is 2.74. The van der Waals surface area contributed by atoms with Crippen molar-refractivity contribution in [2.75, 3.05) is 0 Å². The Kier molecular flexibility index (Phi) is 3.09. The summed E-state index contributed by atoms with van der Waals surface area (Å²) in [5.74, 6) is 0.233. The Labute approximate surface area is 100 Å². The highest BCUT2D eigenvalue weighted by atomic mass is 79.9. The zero-order valence-electron chi connectivity index (χ0n) is 7.85.